The number of aryl methyl sites for hydroxylation is 1. The molecule has 1 unspecified atom stereocenters. The number of Topliss-reactive ketones (excluding diaryl/α,β-unsaturated/α-hetero) is 1. The van der Waals surface area contributed by atoms with Crippen LogP contribution in [0.3, 0.4) is 0 Å². The maximum Gasteiger partial charge on any atom is 0.317 e. The van der Waals surface area contributed by atoms with Gasteiger partial charge in [-0.1, -0.05) is 24.3 Å². The van der Waals surface area contributed by atoms with Crippen LogP contribution in [-0.2, 0) is 20.9 Å². The topological polar surface area (TPSA) is 46.6 Å². The first-order chi connectivity index (χ1) is 9.11. The normalized spacial score (nSPS) is 20.3. The summed E-state index contributed by atoms with van der Waals surface area (Å²) < 4.78 is 4.70. The van der Waals surface area contributed by atoms with Gasteiger partial charge in [-0.3, -0.25) is 14.5 Å². The number of likely N-dealkylation sites (tertiary alicyclic amines) is 1. The van der Waals surface area contributed by atoms with Crippen LogP contribution in [0.25, 0.3) is 0 Å². The van der Waals surface area contributed by atoms with E-state index in [0.717, 1.165) is 6.54 Å². The van der Waals surface area contributed by atoms with E-state index in [4.69, 9.17) is 4.74 Å². The number of methoxy groups -OCH3 is 1. The Morgan fingerprint density at radius 3 is 2.84 bits per heavy atom. The van der Waals surface area contributed by atoms with Gasteiger partial charge in [-0.25, -0.2) is 0 Å². The van der Waals surface area contributed by atoms with Crippen molar-refractivity contribution < 1.29 is 14.3 Å². The third-order valence-electron chi connectivity index (χ3n) is 3.64. The number of rotatable bonds is 3. The van der Waals surface area contributed by atoms with E-state index < -0.39 is 11.9 Å². The lowest BCUT2D eigenvalue weighted by Crippen LogP contribution is -2.44. The monoisotopic (exact) mass is 261 g/mol. The number of carbonyl (C=O) groups is 2. The maximum atomic E-state index is 11.7. The van der Waals surface area contributed by atoms with E-state index in [1.807, 2.05) is 12.1 Å². The molecule has 0 radical (unpaired) electrons. The van der Waals surface area contributed by atoms with E-state index >= 15 is 0 Å². The van der Waals surface area contributed by atoms with Gasteiger partial charge < -0.3 is 4.74 Å². The van der Waals surface area contributed by atoms with Crippen molar-refractivity contribution >= 4 is 11.8 Å². The first kappa shape index (κ1) is 13.7. The average Bonchev–Trinajstić information content (AvgIpc) is 2.42. The standard InChI is InChI=1S/C15H19NO3/c1-11-5-3-4-6-12(11)9-16-8-7-14(17)13(10-16)15(18)19-2/h3-6,13H,7-10H2,1-2H3. The summed E-state index contributed by atoms with van der Waals surface area (Å²) in [5, 5.41) is 0. The molecule has 0 spiro atoms. The van der Waals surface area contributed by atoms with Gasteiger partial charge >= 0.3 is 5.97 Å². The fraction of sp³-hybridized carbons (Fsp3) is 0.467. The molecule has 1 aliphatic rings. The lowest BCUT2D eigenvalue weighted by Gasteiger charge is -2.30. The van der Waals surface area contributed by atoms with Gasteiger partial charge in [0.2, 0.25) is 0 Å². The lowest BCUT2D eigenvalue weighted by molar-refractivity contribution is -0.152. The van der Waals surface area contributed by atoms with Crippen LogP contribution in [0.5, 0.6) is 0 Å². The van der Waals surface area contributed by atoms with E-state index in [9.17, 15) is 9.59 Å². The minimum atomic E-state index is -0.622. The molecule has 1 heterocycles. The Balaban J connectivity index is 2.04. The van der Waals surface area contributed by atoms with Crippen LogP contribution in [0.15, 0.2) is 24.3 Å². The second-order valence-electron chi connectivity index (χ2n) is 4.95. The molecule has 4 heteroatoms. The summed E-state index contributed by atoms with van der Waals surface area (Å²) in [6.07, 6.45) is 0.422. The number of nitrogens with zero attached hydrogens (tertiary/aromatic N) is 1. The summed E-state index contributed by atoms with van der Waals surface area (Å²) in [5.74, 6) is -1.05. The molecule has 2 rings (SSSR count). The number of ether oxygens (including phenoxy) is 1. The molecule has 0 N–H and O–H groups in total. The van der Waals surface area contributed by atoms with Crippen molar-refractivity contribution in [1.29, 1.82) is 0 Å². The van der Waals surface area contributed by atoms with Crippen LogP contribution >= 0.6 is 0 Å². The summed E-state index contributed by atoms with van der Waals surface area (Å²) in [5.41, 5.74) is 2.47. The molecule has 102 valence electrons. The Hall–Kier alpha value is -1.68. The SMILES string of the molecule is COC(=O)C1CN(Cc2ccccc2C)CCC1=O. The van der Waals surface area contributed by atoms with Crippen LogP contribution in [0.1, 0.15) is 17.5 Å². The summed E-state index contributed by atoms with van der Waals surface area (Å²) >= 11 is 0. The summed E-state index contributed by atoms with van der Waals surface area (Å²) in [6, 6.07) is 8.17. The van der Waals surface area contributed by atoms with Crippen LogP contribution in [0, 0.1) is 12.8 Å². The smallest absolute Gasteiger partial charge is 0.317 e. The van der Waals surface area contributed by atoms with Crippen molar-refractivity contribution in [3.8, 4) is 0 Å². The molecular formula is C15H19NO3. The molecule has 0 saturated carbocycles. The van der Waals surface area contributed by atoms with Crippen molar-refractivity contribution in [1.82, 2.24) is 4.90 Å². The zero-order valence-corrected chi connectivity index (χ0v) is 11.4. The molecule has 1 atom stereocenters. The molecule has 19 heavy (non-hydrogen) atoms. The molecule has 1 aromatic rings. The van der Waals surface area contributed by atoms with E-state index in [-0.39, 0.29) is 5.78 Å². The van der Waals surface area contributed by atoms with Crippen molar-refractivity contribution in [2.45, 2.75) is 19.9 Å². The van der Waals surface area contributed by atoms with Gasteiger partial charge in [0, 0.05) is 26.1 Å². The Kier molecular flexibility index (Phi) is 4.32. The highest BCUT2D eigenvalue weighted by Gasteiger charge is 2.33. The van der Waals surface area contributed by atoms with E-state index in [1.54, 1.807) is 0 Å². The molecule has 0 bridgehead atoms. The van der Waals surface area contributed by atoms with Gasteiger partial charge in [0.25, 0.3) is 0 Å². The number of hydrogen-bond donors (Lipinski definition) is 0. The first-order valence-corrected chi connectivity index (χ1v) is 6.49. The molecule has 1 fully saturated rings. The van der Waals surface area contributed by atoms with E-state index in [1.165, 1.54) is 18.2 Å². The first-order valence-electron chi connectivity index (χ1n) is 6.49. The third kappa shape index (κ3) is 3.20. The van der Waals surface area contributed by atoms with Gasteiger partial charge in [-0.05, 0) is 18.1 Å². The molecule has 1 aromatic carbocycles. The second-order valence-corrected chi connectivity index (χ2v) is 4.95. The highest BCUT2D eigenvalue weighted by Crippen LogP contribution is 2.18. The molecular weight excluding hydrogens is 242 g/mol. The Labute approximate surface area is 113 Å². The number of piperidine rings is 1. The van der Waals surface area contributed by atoms with Crippen molar-refractivity contribution in [2.24, 2.45) is 5.92 Å². The fourth-order valence-electron chi connectivity index (χ4n) is 2.41. The molecule has 4 nitrogen and oxygen atoms in total. The largest absolute Gasteiger partial charge is 0.468 e. The zero-order valence-electron chi connectivity index (χ0n) is 11.4. The predicted molar refractivity (Wildman–Crippen MR) is 71.6 cm³/mol. The van der Waals surface area contributed by atoms with Crippen LogP contribution in [-0.4, -0.2) is 36.9 Å². The van der Waals surface area contributed by atoms with Gasteiger partial charge in [0.15, 0.2) is 0 Å². The number of hydrogen-bond acceptors (Lipinski definition) is 4. The number of ketones is 1. The van der Waals surface area contributed by atoms with E-state index in [2.05, 4.69) is 24.0 Å². The molecule has 0 aromatic heterocycles. The summed E-state index contributed by atoms with van der Waals surface area (Å²) in [6.45, 7) is 4.01. The van der Waals surface area contributed by atoms with Gasteiger partial charge in [0.05, 0.1) is 7.11 Å². The lowest BCUT2D eigenvalue weighted by atomic mass is 9.96. The minimum Gasteiger partial charge on any atom is -0.468 e. The predicted octanol–water partition coefficient (Wildman–Crippen LogP) is 1.56. The van der Waals surface area contributed by atoms with Gasteiger partial charge in [-0.15, -0.1) is 0 Å². The third-order valence-corrected chi connectivity index (χ3v) is 3.64. The van der Waals surface area contributed by atoms with Crippen molar-refractivity contribution in [3.63, 3.8) is 0 Å². The second kappa shape index (κ2) is 5.97. The van der Waals surface area contributed by atoms with Crippen LogP contribution < -0.4 is 0 Å². The van der Waals surface area contributed by atoms with Gasteiger partial charge in [0.1, 0.15) is 11.7 Å². The number of esters is 1. The summed E-state index contributed by atoms with van der Waals surface area (Å²) in [4.78, 5) is 25.4. The quantitative estimate of drug-likeness (QED) is 0.612. The maximum absolute atomic E-state index is 11.7. The van der Waals surface area contributed by atoms with Crippen molar-refractivity contribution in [3.05, 3.63) is 35.4 Å². The highest BCUT2D eigenvalue weighted by molar-refractivity contribution is 5.99. The molecule has 0 aliphatic carbocycles. The molecule has 1 saturated heterocycles. The Morgan fingerprint density at radius 2 is 2.16 bits per heavy atom. The Bertz CT molecular complexity index is 476. The van der Waals surface area contributed by atoms with Crippen LogP contribution in [0.2, 0.25) is 0 Å². The highest BCUT2D eigenvalue weighted by atomic mass is 16.5. The fourth-order valence-corrected chi connectivity index (χ4v) is 2.41. The van der Waals surface area contributed by atoms with E-state index in [0.29, 0.717) is 19.5 Å². The molecule has 1 aliphatic heterocycles. The molecule has 0 amide bonds. The Morgan fingerprint density at radius 1 is 1.42 bits per heavy atom. The van der Waals surface area contributed by atoms with Gasteiger partial charge in [-0.2, -0.15) is 0 Å². The summed E-state index contributed by atoms with van der Waals surface area (Å²) in [7, 11) is 1.33. The van der Waals surface area contributed by atoms with Crippen molar-refractivity contribution in [2.75, 3.05) is 20.2 Å². The number of benzene rings is 1. The number of carbonyl (C=O) groups excluding carboxylic acids is 2. The minimum absolute atomic E-state index is 0.00659. The average molecular weight is 261 g/mol. The zero-order chi connectivity index (χ0) is 13.8. The van der Waals surface area contributed by atoms with Crippen LogP contribution in [0.4, 0.5) is 0 Å².